The number of urea groups is 1. The van der Waals surface area contributed by atoms with E-state index in [9.17, 15) is 22.8 Å². The van der Waals surface area contributed by atoms with Gasteiger partial charge in [0, 0.05) is 43.3 Å². The first kappa shape index (κ1) is 28.8. The number of halogens is 3. The molecule has 6 rings (SSSR count). The lowest BCUT2D eigenvalue weighted by Crippen LogP contribution is -2.48. The van der Waals surface area contributed by atoms with Crippen molar-refractivity contribution in [2.75, 3.05) is 41.3 Å². The third kappa shape index (κ3) is 5.98. The van der Waals surface area contributed by atoms with Gasteiger partial charge in [0.25, 0.3) is 0 Å². The van der Waals surface area contributed by atoms with E-state index in [1.807, 2.05) is 51.1 Å². The van der Waals surface area contributed by atoms with Gasteiger partial charge in [-0.1, -0.05) is 24.3 Å². The molecule has 2 fully saturated rings. The van der Waals surface area contributed by atoms with Gasteiger partial charge < -0.3 is 19.9 Å². The van der Waals surface area contributed by atoms with Crippen LogP contribution in [0.1, 0.15) is 50.7 Å². The highest BCUT2D eigenvalue weighted by molar-refractivity contribution is 6.04. The van der Waals surface area contributed by atoms with Crippen molar-refractivity contribution in [2.24, 2.45) is 0 Å². The highest BCUT2D eigenvalue weighted by atomic mass is 19.4. The van der Waals surface area contributed by atoms with Gasteiger partial charge in [-0.3, -0.25) is 4.90 Å². The number of carbonyl (C=O) groups excluding carboxylic acids is 2. The van der Waals surface area contributed by atoms with Crippen LogP contribution in [0.2, 0.25) is 0 Å². The fraction of sp³-hybridized carbons (Fsp3) is 0.406. The van der Waals surface area contributed by atoms with Crippen LogP contribution in [0.5, 0.6) is 0 Å². The second-order valence-electron chi connectivity index (χ2n) is 12.3. The Balaban J connectivity index is 1.22. The van der Waals surface area contributed by atoms with Crippen LogP contribution in [0, 0.1) is 0 Å². The van der Waals surface area contributed by atoms with Crippen molar-refractivity contribution in [3.63, 3.8) is 0 Å². The first-order valence-electron chi connectivity index (χ1n) is 14.5. The summed E-state index contributed by atoms with van der Waals surface area (Å²) in [5.41, 5.74) is 1.79. The van der Waals surface area contributed by atoms with Crippen molar-refractivity contribution in [1.29, 1.82) is 0 Å². The second kappa shape index (κ2) is 10.8. The van der Waals surface area contributed by atoms with Crippen LogP contribution in [-0.2, 0) is 10.9 Å². The minimum atomic E-state index is -4.47. The van der Waals surface area contributed by atoms with Gasteiger partial charge in [-0.15, -0.1) is 0 Å². The molecule has 4 heterocycles. The molecule has 11 heteroatoms. The van der Waals surface area contributed by atoms with E-state index in [4.69, 9.17) is 9.72 Å². The van der Waals surface area contributed by atoms with E-state index in [1.54, 1.807) is 21.9 Å². The summed E-state index contributed by atoms with van der Waals surface area (Å²) in [6.45, 7) is 8.08. The number of carbonyl (C=O) groups is 2. The van der Waals surface area contributed by atoms with E-state index in [2.05, 4.69) is 10.2 Å². The van der Waals surface area contributed by atoms with Crippen LogP contribution >= 0.6 is 0 Å². The van der Waals surface area contributed by atoms with Crippen LogP contribution in [0.4, 0.5) is 40.0 Å². The third-order valence-corrected chi connectivity index (χ3v) is 8.11. The first-order valence-corrected chi connectivity index (χ1v) is 14.5. The highest BCUT2D eigenvalue weighted by Gasteiger charge is 2.40. The smallest absolute Gasteiger partial charge is 0.416 e. The number of nitrogens with zero attached hydrogens (tertiary/aromatic N) is 4. The van der Waals surface area contributed by atoms with Crippen LogP contribution in [0.15, 0.2) is 60.7 Å². The molecule has 2 aromatic carbocycles. The molecule has 3 aromatic rings. The minimum Gasteiger partial charge on any atom is -0.444 e. The molecule has 3 amide bonds. The quantitative estimate of drug-likeness (QED) is 0.350. The number of alkyl halides is 3. The fourth-order valence-corrected chi connectivity index (χ4v) is 6.07. The number of amides is 3. The Bertz CT molecular complexity index is 1550. The summed E-state index contributed by atoms with van der Waals surface area (Å²) in [6.07, 6.45) is -3.25. The van der Waals surface area contributed by atoms with Gasteiger partial charge in [0.05, 0.1) is 23.0 Å². The topological polar surface area (TPSA) is 78.0 Å². The first-order chi connectivity index (χ1) is 20.4. The number of rotatable bonds is 3. The average Bonchev–Trinajstić information content (AvgIpc) is 3.61. The normalized spacial score (nSPS) is 19.8. The van der Waals surface area contributed by atoms with E-state index in [0.717, 1.165) is 42.8 Å². The summed E-state index contributed by atoms with van der Waals surface area (Å²) >= 11 is 0. The van der Waals surface area contributed by atoms with Crippen molar-refractivity contribution in [3.8, 4) is 11.3 Å². The minimum absolute atomic E-state index is 0.111. The largest absolute Gasteiger partial charge is 0.444 e. The number of pyridine rings is 1. The number of nitrogens with one attached hydrogen (secondary N) is 1. The Labute approximate surface area is 248 Å². The Morgan fingerprint density at radius 3 is 2.51 bits per heavy atom. The van der Waals surface area contributed by atoms with Gasteiger partial charge in [0.15, 0.2) is 5.82 Å². The molecular formula is C32H34F3N5O3. The van der Waals surface area contributed by atoms with Crippen LogP contribution in [-0.4, -0.2) is 59.8 Å². The van der Waals surface area contributed by atoms with Crippen molar-refractivity contribution in [1.82, 2.24) is 9.88 Å². The Morgan fingerprint density at radius 1 is 0.953 bits per heavy atom. The predicted molar refractivity (Wildman–Crippen MR) is 158 cm³/mol. The number of fused-ring (bicyclic) bond motifs is 4. The van der Waals surface area contributed by atoms with E-state index in [1.165, 1.54) is 6.07 Å². The Hall–Kier alpha value is -4.28. The molecule has 1 N–H and O–H groups in total. The van der Waals surface area contributed by atoms with Gasteiger partial charge in [-0.25, -0.2) is 14.6 Å². The number of anilines is 3. The summed E-state index contributed by atoms with van der Waals surface area (Å²) in [5.74, 6) is 0.543. The molecule has 0 spiro atoms. The lowest BCUT2D eigenvalue weighted by Gasteiger charge is -2.36. The van der Waals surface area contributed by atoms with Crippen LogP contribution in [0.25, 0.3) is 11.3 Å². The number of ether oxygens (including phenoxy) is 1. The molecule has 1 aromatic heterocycles. The molecule has 2 atom stereocenters. The number of likely N-dealkylation sites (tertiary alicyclic amines) is 1. The van der Waals surface area contributed by atoms with E-state index in [0.29, 0.717) is 42.4 Å². The Kier molecular flexibility index (Phi) is 7.22. The number of aromatic nitrogens is 1. The zero-order valence-electron chi connectivity index (χ0n) is 24.3. The van der Waals surface area contributed by atoms with Crippen molar-refractivity contribution in [2.45, 2.75) is 57.3 Å². The molecule has 226 valence electrons. The van der Waals surface area contributed by atoms with E-state index >= 15 is 0 Å². The fourth-order valence-electron chi connectivity index (χ4n) is 6.07. The van der Waals surface area contributed by atoms with Crippen LogP contribution in [0.3, 0.4) is 0 Å². The van der Waals surface area contributed by atoms with Crippen molar-refractivity contribution >= 4 is 29.3 Å². The van der Waals surface area contributed by atoms with E-state index < -0.39 is 17.3 Å². The summed E-state index contributed by atoms with van der Waals surface area (Å²) in [5, 5.41) is 3.03. The van der Waals surface area contributed by atoms with Crippen molar-refractivity contribution < 1.29 is 27.5 Å². The van der Waals surface area contributed by atoms with Crippen molar-refractivity contribution in [3.05, 3.63) is 71.8 Å². The lowest BCUT2D eigenvalue weighted by atomic mass is 9.98. The molecule has 0 aliphatic carbocycles. The van der Waals surface area contributed by atoms with Gasteiger partial charge in [-0.05, 0) is 75.6 Å². The standard InChI is InChI=1S/C32H34F3N5O3/c1-31(2,3)43-30(42)39-14-12-22(18-39)20-6-5-9-24(17-20)36-29(41)40-25-13-15-38(19-25)27-11-10-26(37-28(27)40)21-7-4-8-23(16-21)32(33,34)35/h4-11,16-17,22,25H,12-15,18-19H2,1-3H3,(H,36,41). The molecular weight excluding hydrogens is 559 g/mol. The number of benzene rings is 2. The van der Waals surface area contributed by atoms with Crippen LogP contribution < -0.4 is 15.1 Å². The maximum absolute atomic E-state index is 13.8. The Morgan fingerprint density at radius 2 is 1.74 bits per heavy atom. The molecule has 43 heavy (non-hydrogen) atoms. The highest BCUT2D eigenvalue weighted by Crippen LogP contribution is 2.41. The molecule has 8 nitrogen and oxygen atoms in total. The molecule has 2 saturated heterocycles. The summed E-state index contributed by atoms with van der Waals surface area (Å²) in [7, 11) is 0. The van der Waals surface area contributed by atoms with Gasteiger partial charge >= 0.3 is 18.3 Å². The van der Waals surface area contributed by atoms with Gasteiger partial charge in [0.2, 0.25) is 0 Å². The third-order valence-electron chi connectivity index (χ3n) is 8.11. The molecule has 0 radical (unpaired) electrons. The number of hydrogen-bond donors (Lipinski definition) is 1. The molecule has 2 unspecified atom stereocenters. The van der Waals surface area contributed by atoms with Gasteiger partial charge in [0.1, 0.15) is 5.60 Å². The summed E-state index contributed by atoms with van der Waals surface area (Å²) < 4.78 is 45.6. The van der Waals surface area contributed by atoms with Gasteiger partial charge in [-0.2, -0.15) is 13.2 Å². The maximum atomic E-state index is 13.8. The molecule has 2 bridgehead atoms. The number of hydrogen-bond acceptors (Lipinski definition) is 5. The summed E-state index contributed by atoms with van der Waals surface area (Å²) in [6, 6.07) is 15.8. The molecule has 3 aliphatic heterocycles. The SMILES string of the molecule is CC(C)(C)OC(=O)N1CCC(c2cccc(NC(=O)N3c4nc(-c5cccc(C(F)(F)F)c5)ccc4N4CCC3C4)c2)C1. The molecule has 0 saturated carbocycles. The summed E-state index contributed by atoms with van der Waals surface area (Å²) in [4.78, 5) is 36.6. The average molecular weight is 594 g/mol. The molecule has 3 aliphatic rings. The zero-order chi connectivity index (χ0) is 30.5. The zero-order valence-corrected chi connectivity index (χ0v) is 24.3. The predicted octanol–water partition coefficient (Wildman–Crippen LogP) is 7.12. The monoisotopic (exact) mass is 593 g/mol. The second-order valence-corrected chi connectivity index (χ2v) is 12.3. The lowest BCUT2D eigenvalue weighted by molar-refractivity contribution is -0.137. The maximum Gasteiger partial charge on any atom is 0.416 e. The van der Waals surface area contributed by atoms with E-state index in [-0.39, 0.29) is 24.1 Å².